The average molecular weight is 266 g/mol. The van der Waals surface area contributed by atoms with Crippen molar-refractivity contribution < 1.29 is 9.53 Å². The van der Waals surface area contributed by atoms with E-state index in [1.807, 2.05) is 53.4 Å². The minimum Gasteiger partial charge on any atom is -0.456 e. The van der Waals surface area contributed by atoms with Gasteiger partial charge in [-0.25, -0.2) is 0 Å². The van der Waals surface area contributed by atoms with Crippen molar-refractivity contribution >= 4 is 11.6 Å². The zero-order chi connectivity index (χ0) is 13.8. The summed E-state index contributed by atoms with van der Waals surface area (Å²) in [6.45, 7) is 0.397. The molecule has 1 N–H and O–H groups in total. The summed E-state index contributed by atoms with van der Waals surface area (Å²) >= 11 is 0. The van der Waals surface area contributed by atoms with Crippen LogP contribution in [-0.4, -0.2) is 12.6 Å². The van der Waals surface area contributed by atoms with Gasteiger partial charge in [-0.15, -0.1) is 0 Å². The number of carbonyl (C=O) groups is 1. The van der Waals surface area contributed by atoms with Gasteiger partial charge in [-0.2, -0.15) is 0 Å². The number of nitrogens with one attached hydrogen (secondary N) is 1. The molecule has 0 saturated heterocycles. The summed E-state index contributed by atoms with van der Waals surface area (Å²) < 4.78 is 5.47. The number of carbonyl (C=O) groups excluding carboxylic acids is 1. The van der Waals surface area contributed by atoms with Gasteiger partial charge in [0.15, 0.2) is 6.73 Å². The molecule has 0 unspecified atom stereocenters. The van der Waals surface area contributed by atoms with E-state index < -0.39 is 0 Å². The summed E-state index contributed by atoms with van der Waals surface area (Å²) in [5, 5.41) is 2.75. The van der Waals surface area contributed by atoms with Crippen molar-refractivity contribution in [3.05, 3.63) is 78.3 Å². The normalized spacial score (nSPS) is 13.6. The first-order valence-corrected chi connectivity index (χ1v) is 6.35. The minimum absolute atomic E-state index is 0.174. The second-order valence-corrected chi connectivity index (χ2v) is 4.39. The molecule has 0 bridgehead atoms. The van der Waals surface area contributed by atoms with Crippen molar-refractivity contribution in [2.75, 3.05) is 11.6 Å². The molecule has 4 nitrogen and oxygen atoms in total. The fourth-order valence-electron chi connectivity index (χ4n) is 1.97. The van der Waals surface area contributed by atoms with Crippen molar-refractivity contribution in [1.82, 2.24) is 5.32 Å². The second-order valence-electron chi connectivity index (χ2n) is 4.39. The van der Waals surface area contributed by atoms with Crippen LogP contribution in [0, 0.1) is 0 Å². The summed E-state index contributed by atoms with van der Waals surface area (Å²) in [6.07, 6.45) is 1.79. The van der Waals surface area contributed by atoms with Crippen LogP contribution in [0.3, 0.4) is 0 Å². The number of hydrogen-bond donors (Lipinski definition) is 1. The van der Waals surface area contributed by atoms with Crippen molar-refractivity contribution in [2.45, 2.75) is 0 Å². The Labute approximate surface area is 117 Å². The number of amides is 1. The quantitative estimate of drug-likeness (QED) is 0.928. The lowest BCUT2D eigenvalue weighted by Gasteiger charge is -2.12. The Morgan fingerprint density at radius 3 is 2.35 bits per heavy atom. The van der Waals surface area contributed by atoms with Crippen molar-refractivity contribution in [3.63, 3.8) is 0 Å². The first-order chi connectivity index (χ1) is 9.83. The van der Waals surface area contributed by atoms with Gasteiger partial charge >= 0.3 is 0 Å². The molecule has 100 valence electrons. The van der Waals surface area contributed by atoms with Crippen LogP contribution in [0.15, 0.2) is 72.7 Å². The molecule has 2 aromatic rings. The molecular weight excluding hydrogens is 252 g/mol. The SMILES string of the molecule is O=C(NC1=CN(c2ccccc2)CO1)c1ccccc1. The first-order valence-electron chi connectivity index (χ1n) is 6.35. The Kier molecular flexibility index (Phi) is 3.37. The van der Waals surface area contributed by atoms with E-state index in [0.717, 1.165) is 5.69 Å². The summed E-state index contributed by atoms with van der Waals surface area (Å²) in [5.74, 6) is 0.287. The summed E-state index contributed by atoms with van der Waals surface area (Å²) in [4.78, 5) is 13.9. The molecule has 3 rings (SSSR count). The van der Waals surface area contributed by atoms with E-state index in [2.05, 4.69) is 5.32 Å². The maximum absolute atomic E-state index is 12.0. The van der Waals surface area contributed by atoms with Gasteiger partial charge in [0.25, 0.3) is 5.91 Å². The van der Waals surface area contributed by atoms with Crippen LogP contribution >= 0.6 is 0 Å². The van der Waals surface area contributed by atoms with Crippen molar-refractivity contribution in [1.29, 1.82) is 0 Å². The van der Waals surface area contributed by atoms with Crippen LogP contribution in [0.25, 0.3) is 0 Å². The number of para-hydroxylation sites is 1. The highest BCUT2D eigenvalue weighted by Gasteiger charge is 2.17. The molecule has 2 aromatic carbocycles. The summed E-state index contributed by atoms with van der Waals surface area (Å²) in [6, 6.07) is 18.9. The third kappa shape index (κ3) is 2.64. The van der Waals surface area contributed by atoms with E-state index in [1.165, 1.54) is 0 Å². The molecule has 0 fully saturated rings. The molecule has 1 aliphatic rings. The smallest absolute Gasteiger partial charge is 0.258 e. The largest absolute Gasteiger partial charge is 0.456 e. The number of rotatable bonds is 3. The Balaban J connectivity index is 1.69. The number of nitrogens with zero attached hydrogens (tertiary/aromatic N) is 1. The average Bonchev–Trinajstić information content (AvgIpc) is 2.97. The van der Waals surface area contributed by atoms with Gasteiger partial charge in [0.2, 0.25) is 5.88 Å². The Morgan fingerprint density at radius 2 is 1.65 bits per heavy atom. The molecule has 0 spiro atoms. The topological polar surface area (TPSA) is 41.6 Å². The zero-order valence-corrected chi connectivity index (χ0v) is 10.8. The van der Waals surface area contributed by atoms with E-state index >= 15 is 0 Å². The molecular formula is C16H14N2O2. The minimum atomic E-state index is -0.174. The predicted octanol–water partition coefficient (Wildman–Crippen LogP) is 2.71. The Bertz CT molecular complexity index is 623. The first kappa shape index (κ1) is 12.3. The fraction of sp³-hybridized carbons (Fsp3) is 0.0625. The molecule has 0 aliphatic carbocycles. The zero-order valence-electron chi connectivity index (χ0n) is 10.8. The highest BCUT2D eigenvalue weighted by Crippen LogP contribution is 2.19. The van der Waals surface area contributed by atoms with Crippen molar-refractivity contribution in [3.8, 4) is 0 Å². The van der Waals surface area contributed by atoms with Gasteiger partial charge in [-0.1, -0.05) is 36.4 Å². The highest BCUT2D eigenvalue weighted by atomic mass is 16.5. The van der Waals surface area contributed by atoms with Gasteiger partial charge in [-0.05, 0) is 24.3 Å². The van der Waals surface area contributed by atoms with Crippen LogP contribution in [0.2, 0.25) is 0 Å². The molecule has 0 radical (unpaired) electrons. The second kappa shape index (κ2) is 5.48. The standard InChI is InChI=1S/C16H14N2O2/c19-16(13-7-3-1-4-8-13)17-15-11-18(12-20-15)14-9-5-2-6-10-14/h1-11H,12H2,(H,17,19). The Morgan fingerprint density at radius 1 is 1.00 bits per heavy atom. The van der Waals surface area contributed by atoms with E-state index in [9.17, 15) is 4.79 Å². The summed E-state index contributed by atoms with van der Waals surface area (Å²) in [7, 11) is 0. The third-order valence-electron chi connectivity index (χ3n) is 2.99. The van der Waals surface area contributed by atoms with Crippen LogP contribution in [0.1, 0.15) is 10.4 Å². The highest BCUT2D eigenvalue weighted by molar-refractivity contribution is 5.95. The third-order valence-corrected chi connectivity index (χ3v) is 2.99. The van der Waals surface area contributed by atoms with Crippen LogP contribution in [0.4, 0.5) is 5.69 Å². The maximum atomic E-state index is 12.0. The predicted molar refractivity (Wildman–Crippen MR) is 76.9 cm³/mol. The number of anilines is 1. The lowest BCUT2D eigenvalue weighted by Crippen LogP contribution is -2.22. The number of ether oxygens (including phenoxy) is 1. The lowest BCUT2D eigenvalue weighted by atomic mass is 10.2. The maximum Gasteiger partial charge on any atom is 0.258 e. The van der Waals surface area contributed by atoms with Gasteiger partial charge in [0.05, 0.1) is 6.20 Å². The molecule has 20 heavy (non-hydrogen) atoms. The fourth-order valence-corrected chi connectivity index (χ4v) is 1.97. The number of benzene rings is 2. The van der Waals surface area contributed by atoms with Gasteiger partial charge in [0, 0.05) is 11.3 Å². The van der Waals surface area contributed by atoms with E-state index in [0.29, 0.717) is 18.2 Å². The van der Waals surface area contributed by atoms with Crippen LogP contribution in [0.5, 0.6) is 0 Å². The molecule has 0 aromatic heterocycles. The Hall–Kier alpha value is -2.75. The molecule has 0 atom stereocenters. The molecule has 0 saturated carbocycles. The van der Waals surface area contributed by atoms with Crippen molar-refractivity contribution in [2.24, 2.45) is 0 Å². The van der Waals surface area contributed by atoms with Gasteiger partial charge in [-0.3, -0.25) is 10.1 Å². The molecule has 1 aliphatic heterocycles. The monoisotopic (exact) mass is 266 g/mol. The number of hydrogen-bond acceptors (Lipinski definition) is 3. The lowest BCUT2D eigenvalue weighted by molar-refractivity contribution is 0.0931. The van der Waals surface area contributed by atoms with E-state index in [-0.39, 0.29) is 5.91 Å². The van der Waals surface area contributed by atoms with Gasteiger partial charge in [0.1, 0.15) is 0 Å². The molecule has 1 amide bonds. The van der Waals surface area contributed by atoms with E-state index in [1.54, 1.807) is 18.3 Å². The van der Waals surface area contributed by atoms with E-state index in [4.69, 9.17) is 4.74 Å². The van der Waals surface area contributed by atoms with Crippen LogP contribution < -0.4 is 10.2 Å². The van der Waals surface area contributed by atoms with Crippen LogP contribution in [-0.2, 0) is 4.74 Å². The summed E-state index contributed by atoms with van der Waals surface area (Å²) in [5.41, 5.74) is 1.63. The molecule has 4 heteroatoms. The van der Waals surface area contributed by atoms with Gasteiger partial charge < -0.3 is 9.64 Å². The molecule has 1 heterocycles.